The van der Waals surface area contributed by atoms with Crippen molar-refractivity contribution in [2.45, 2.75) is 0 Å². The molecule has 26 heavy (non-hydrogen) atoms. The zero-order valence-corrected chi connectivity index (χ0v) is 14.5. The molecule has 4 aromatic rings. The van der Waals surface area contributed by atoms with Crippen molar-refractivity contribution in [3.8, 4) is 17.1 Å². The van der Waals surface area contributed by atoms with Crippen LogP contribution in [0.4, 0.5) is 11.6 Å². The SMILES string of the molecule is COc1cccnc1-c1cc(Nc2cc(=O)c3cnn(C)c3[nH]2)n(C)n1. The number of ether oxygens (including phenoxy) is 1. The highest BCUT2D eigenvalue weighted by molar-refractivity contribution is 5.77. The van der Waals surface area contributed by atoms with Gasteiger partial charge in [0.05, 0.1) is 18.7 Å². The van der Waals surface area contributed by atoms with Gasteiger partial charge in [0.1, 0.15) is 34.4 Å². The van der Waals surface area contributed by atoms with Crippen LogP contribution in [0.5, 0.6) is 5.75 Å². The quantitative estimate of drug-likeness (QED) is 0.581. The Bertz CT molecular complexity index is 1160. The summed E-state index contributed by atoms with van der Waals surface area (Å²) < 4.78 is 8.64. The van der Waals surface area contributed by atoms with Crippen molar-refractivity contribution >= 4 is 22.7 Å². The lowest BCUT2D eigenvalue weighted by molar-refractivity contribution is 0.414. The average Bonchev–Trinajstić information content (AvgIpc) is 3.19. The third-order valence-corrected chi connectivity index (χ3v) is 4.11. The molecule has 0 fully saturated rings. The molecule has 0 radical (unpaired) electrons. The molecular formula is C17H17N7O2. The molecule has 9 heteroatoms. The Morgan fingerprint density at radius 3 is 2.88 bits per heavy atom. The normalized spacial score (nSPS) is 11.0. The smallest absolute Gasteiger partial charge is 0.194 e. The first-order chi connectivity index (χ1) is 12.6. The fourth-order valence-corrected chi connectivity index (χ4v) is 2.79. The van der Waals surface area contributed by atoms with Crippen LogP contribution < -0.4 is 15.5 Å². The number of rotatable bonds is 4. The molecule has 9 nitrogen and oxygen atoms in total. The zero-order chi connectivity index (χ0) is 18.3. The highest BCUT2D eigenvalue weighted by Crippen LogP contribution is 2.28. The fourth-order valence-electron chi connectivity index (χ4n) is 2.79. The summed E-state index contributed by atoms with van der Waals surface area (Å²) in [7, 11) is 5.18. The lowest BCUT2D eigenvalue weighted by Crippen LogP contribution is -2.07. The number of aryl methyl sites for hydroxylation is 2. The van der Waals surface area contributed by atoms with E-state index in [0.29, 0.717) is 39.8 Å². The molecule has 0 saturated heterocycles. The molecule has 0 amide bonds. The molecular weight excluding hydrogens is 334 g/mol. The Kier molecular flexibility index (Phi) is 3.68. The maximum Gasteiger partial charge on any atom is 0.194 e. The van der Waals surface area contributed by atoms with Gasteiger partial charge in [0, 0.05) is 32.4 Å². The Morgan fingerprint density at radius 2 is 2.08 bits per heavy atom. The summed E-state index contributed by atoms with van der Waals surface area (Å²) in [6.45, 7) is 0. The predicted molar refractivity (Wildman–Crippen MR) is 97.6 cm³/mol. The van der Waals surface area contributed by atoms with E-state index in [9.17, 15) is 4.79 Å². The molecule has 2 N–H and O–H groups in total. The minimum absolute atomic E-state index is 0.108. The van der Waals surface area contributed by atoms with Crippen LogP contribution in [0, 0.1) is 0 Å². The van der Waals surface area contributed by atoms with Crippen molar-refractivity contribution in [2.75, 3.05) is 12.4 Å². The van der Waals surface area contributed by atoms with Crippen molar-refractivity contribution in [3.05, 3.63) is 46.9 Å². The van der Waals surface area contributed by atoms with Crippen LogP contribution in [0.25, 0.3) is 22.4 Å². The number of aromatic nitrogens is 6. The van der Waals surface area contributed by atoms with E-state index in [4.69, 9.17) is 4.74 Å². The second kappa shape index (κ2) is 6.03. The molecule has 4 rings (SSSR count). The van der Waals surface area contributed by atoms with Crippen molar-refractivity contribution in [1.29, 1.82) is 0 Å². The van der Waals surface area contributed by atoms with E-state index in [1.165, 1.54) is 6.07 Å². The zero-order valence-electron chi connectivity index (χ0n) is 14.5. The highest BCUT2D eigenvalue weighted by atomic mass is 16.5. The molecule has 0 atom stereocenters. The first-order valence-electron chi connectivity index (χ1n) is 7.92. The lowest BCUT2D eigenvalue weighted by atomic mass is 10.2. The van der Waals surface area contributed by atoms with Gasteiger partial charge < -0.3 is 15.0 Å². The summed E-state index contributed by atoms with van der Waals surface area (Å²) in [6.07, 6.45) is 3.24. The number of pyridine rings is 2. The molecule has 0 aromatic carbocycles. The van der Waals surface area contributed by atoms with Crippen LogP contribution in [0.3, 0.4) is 0 Å². The van der Waals surface area contributed by atoms with E-state index < -0.39 is 0 Å². The number of fused-ring (bicyclic) bond motifs is 1. The maximum absolute atomic E-state index is 12.2. The predicted octanol–water partition coefficient (Wildman–Crippen LogP) is 1.81. The number of hydrogen-bond donors (Lipinski definition) is 2. The number of nitrogens with one attached hydrogen (secondary N) is 2. The Hall–Kier alpha value is -3.62. The summed E-state index contributed by atoms with van der Waals surface area (Å²) in [4.78, 5) is 19.7. The molecule has 0 unspecified atom stereocenters. The van der Waals surface area contributed by atoms with Gasteiger partial charge >= 0.3 is 0 Å². The highest BCUT2D eigenvalue weighted by Gasteiger charge is 2.14. The second-order valence-corrected chi connectivity index (χ2v) is 5.80. The number of nitrogens with zero attached hydrogens (tertiary/aromatic N) is 5. The van der Waals surface area contributed by atoms with Gasteiger partial charge in [-0.1, -0.05) is 0 Å². The van der Waals surface area contributed by atoms with Crippen molar-refractivity contribution in [2.24, 2.45) is 14.1 Å². The van der Waals surface area contributed by atoms with Gasteiger partial charge in [0.2, 0.25) is 0 Å². The topological polar surface area (TPSA) is 103 Å². The van der Waals surface area contributed by atoms with Crippen molar-refractivity contribution < 1.29 is 4.74 Å². The number of aromatic amines is 1. The summed E-state index contributed by atoms with van der Waals surface area (Å²) in [5.74, 6) is 1.89. The summed E-state index contributed by atoms with van der Waals surface area (Å²) >= 11 is 0. The third-order valence-electron chi connectivity index (χ3n) is 4.11. The van der Waals surface area contributed by atoms with Crippen LogP contribution in [-0.2, 0) is 14.1 Å². The molecule has 0 aliphatic carbocycles. The first-order valence-corrected chi connectivity index (χ1v) is 7.92. The Balaban J connectivity index is 1.73. The minimum atomic E-state index is -0.108. The van der Waals surface area contributed by atoms with E-state index in [1.54, 1.807) is 42.0 Å². The van der Waals surface area contributed by atoms with E-state index >= 15 is 0 Å². The van der Waals surface area contributed by atoms with E-state index in [-0.39, 0.29) is 5.43 Å². The first kappa shape index (κ1) is 15.9. The summed E-state index contributed by atoms with van der Waals surface area (Å²) in [6, 6.07) is 6.98. The van der Waals surface area contributed by atoms with Gasteiger partial charge in [0.25, 0.3) is 0 Å². The van der Waals surface area contributed by atoms with Crippen LogP contribution in [0.2, 0.25) is 0 Å². The monoisotopic (exact) mass is 351 g/mol. The molecule has 4 aromatic heterocycles. The maximum atomic E-state index is 12.2. The van der Waals surface area contributed by atoms with E-state index in [2.05, 4.69) is 25.5 Å². The van der Waals surface area contributed by atoms with Crippen LogP contribution >= 0.6 is 0 Å². The molecule has 0 bridgehead atoms. The number of hydrogen-bond acceptors (Lipinski definition) is 6. The van der Waals surface area contributed by atoms with Crippen LogP contribution in [0.15, 0.2) is 41.5 Å². The van der Waals surface area contributed by atoms with Gasteiger partial charge in [0.15, 0.2) is 5.43 Å². The van der Waals surface area contributed by atoms with Gasteiger partial charge in [-0.25, -0.2) is 0 Å². The van der Waals surface area contributed by atoms with Gasteiger partial charge in [-0.05, 0) is 12.1 Å². The average molecular weight is 351 g/mol. The molecule has 0 aliphatic rings. The van der Waals surface area contributed by atoms with Gasteiger partial charge in [-0.15, -0.1) is 0 Å². The van der Waals surface area contributed by atoms with E-state index in [1.807, 2.05) is 19.2 Å². The molecule has 4 heterocycles. The number of methoxy groups -OCH3 is 1. The Morgan fingerprint density at radius 1 is 1.23 bits per heavy atom. The van der Waals surface area contributed by atoms with Gasteiger partial charge in [-0.2, -0.15) is 10.2 Å². The summed E-state index contributed by atoms with van der Waals surface area (Å²) in [5.41, 5.74) is 1.85. The molecule has 0 saturated carbocycles. The molecule has 0 aliphatic heterocycles. The minimum Gasteiger partial charge on any atom is -0.494 e. The Labute approximate surface area is 148 Å². The molecule has 0 spiro atoms. The largest absolute Gasteiger partial charge is 0.494 e. The fraction of sp³-hybridized carbons (Fsp3) is 0.176. The summed E-state index contributed by atoms with van der Waals surface area (Å²) in [5, 5.41) is 12.3. The van der Waals surface area contributed by atoms with Crippen molar-refractivity contribution in [3.63, 3.8) is 0 Å². The van der Waals surface area contributed by atoms with Gasteiger partial charge in [-0.3, -0.25) is 19.1 Å². The second-order valence-electron chi connectivity index (χ2n) is 5.80. The third kappa shape index (κ3) is 2.59. The lowest BCUT2D eigenvalue weighted by Gasteiger charge is -2.06. The van der Waals surface area contributed by atoms with Crippen LogP contribution in [-0.4, -0.2) is 36.6 Å². The number of H-pyrrole nitrogens is 1. The van der Waals surface area contributed by atoms with E-state index in [0.717, 1.165) is 0 Å². The molecule has 132 valence electrons. The number of anilines is 2. The van der Waals surface area contributed by atoms with Crippen LogP contribution in [0.1, 0.15) is 0 Å². The van der Waals surface area contributed by atoms with Crippen molar-refractivity contribution in [1.82, 2.24) is 29.5 Å². The standard InChI is InChI=1S/C17H17N7O2/c1-23-15(7-11(22-23)16-13(26-3)5-4-6-18-16)20-14-8-12(25)10-9-19-24(2)17(10)21-14/h4-9H,1-3H3,(H2,20,21,25).